The maximum atomic E-state index is 17.2. The second-order valence-electron chi connectivity index (χ2n) is 18.3. The van der Waals surface area contributed by atoms with E-state index in [1.807, 2.05) is 36.4 Å². The lowest BCUT2D eigenvalue weighted by Gasteiger charge is -2.32. The lowest BCUT2D eigenvalue weighted by molar-refractivity contribution is -0.135. The number of hydrogen-bond acceptors (Lipinski definition) is 8. The number of rotatable bonds is 11. The number of carbonyl (C=O) groups excluding carboxylic acids is 5. The van der Waals surface area contributed by atoms with Gasteiger partial charge in [-0.05, 0) is 134 Å². The monoisotopic (exact) mass is 929 g/mol. The van der Waals surface area contributed by atoms with E-state index in [1.54, 1.807) is 60.0 Å². The minimum Gasteiger partial charge on any atom is -0.355 e. The van der Waals surface area contributed by atoms with Crippen LogP contribution in [0.3, 0.4) is 0 Å². The SMILES string of the molecule is CNC(=O)c1cccc(NC(=O)c2nn(C)c3ccc(-c4ccc(N5CCCC5=O)cc4-c4ccc(C5CCN(CCc6ccc7c(c6)n(C)c(=O)n7C6CCC(=O)NC6=O)CC5)cc4)c(F)c23)c1. The number of fused-ring (bicyclic) bond motifs is 2. The van der Waals surface area contributed by atoms with E-state index in [-0.39, 0.29) is 46.5 Å². The van der Waals surface area contributed by atoms with Crippen LogP contribution < -0.4 is 26.5 Å². The molecule has 0 bridgehead atoms. The minimum absolute atomic E-state index is 0.0459. The first-order valence-electron chi connectivity index (χ1n) is 23.5. The first-order chi connectivity index (χ1) is 33.4. The Hall–Kier alpha value is -7.72. The lowest BCUT2D eigenvalue weighted by atomic mass is 9.87. The lowest BCUT2D eigenvalue weighted by Crippen LogP contribution is -2.44. The van der Waals surface area contributed by atoms with E-state index in [0.29, 0.717) is 53.2 Å². The average Bonchev–Trinajstić information content (AvgIpc) is 4.03. The predicted molar refractivity (Wildman–Crippen MR) is 262 cm³/mol. The highest BCUT2D eigenvalue weighted by Crippen LogP contribution is 2.41. The third kappa shape index (κ3) is 8.49. The molecule has 2 aromatic heterocycles. The van der Waals surface area contributed by atoms with E-state index < -0.39 is 23.7 Å². The Balaban J connectivity index is 0.866. The van der Waals surface area contributed by atoms with Gasteiger partial charge in [0.1, 0.15) is 11.9 Å². The van der Waals surface area contributed by atoms with Crippen LogP contribution in [0.5, 0.6) is 0 Å². The first-order valence-corrected chi connectivity index (χ1v) is 23.5. The normalized spacial score (nSPS) is 17.0. The summed E-state index contributed by atoms with van der Waals surface area (Å²) in [6.45, 7) is 3.31. The summed E-state index contributed by atoms with van der Waals surface area (Å²) in [4.78, 5) is 80.9. The van der Waals surface area contributed by atoms with Crippen molar-refractivity contribution < 1.29 is 28.4 Å². The van der Waals surface area contributed by atoms with Crippen molar-refractivity contribution in [1.82, 2.24) is 34.4 Å². The van der Waals surface area contributed by atoms with Gasteiger partial charge in [0.05, 0.1) is 21.9 Å². The van der Waals surface area contributed by atoms with Gasteiger partial charge in [-0.2, -0.15) is 5.10 Å². The van der Waals surface area contributed by atoms with Crippen molar-refractivity contribution in [2.75, 3.05) is 43.4 Å². The zero-order valence-electron chi connectivity index (χ0n) is 38.7. The summed E-state index contributed by atoms with van der Waals surface area (Å²) < 4.78 is 21.7. The molecular weight excluding hydrogens is 878 g/mol. The maximum absolute atomic E-state index is 17.2. The van der Waals surface area contributed by atoms with Crippen molar-refractivity contribution in [3.63, 3.8) is 0 Å². The topological polar surface area (TPSA) is 173 Å². The molecule has 1 unspecified atom stereocenters. The number of benzene rings is 5. The van der Waals surface area contributed by atoms with Gasteiger partial charge in [-0.1, -0.05) is 42.5 Å². The molecule has 5 heterocycles. The molecule has 5 amide bonds. The Morgan fingerprint density at radius 1 is 0.783 bits per heavy atom. The fourth-order valence-corrected chi connectivity index (χ4v) is 10.4. The molecule has 15 nitrogen and oxygen atoms in total. The third-order valence-electron chi connectivity index (χ3n) is 14.1. The van der Waals surface area contributed by atoms with Gasteiger partial charge in [0.25, 0.3) is 11.8 Å². The van der Waals surface area contributed by atoms with Crippen molar-refractivity contribution in [2.45, 2.75) is 56.9 Å². The molecular formula is C53H52FN9O6. The minimum atomic E-state index is -0.720. The van der Waals surface area contributed by atoms with Crippen LogP contribution >= 0.6 is 0 Å². The van der Waals surface area contributed by atoms with Crippen LogP contribution in [0.25, 0.3) is 44.2 Å². The molecule has 0 saturated carbocycles. The van der Waals surface area contributed by atoms with E-state index in [9.17, 15) is 28.8 Å². The van der Waals surface area contributed by atoms with Gasteiger partial charge >= 0.3 is 5.69 Å². The highest BCUT2D eigenvalue weighted by Gasteiger charge is 2.32. The molecule has 0 spiro atoms. The molecule has 3 aliphatic heterocycles. The number of likely N-dealkylation sites (tertiary alicyclic amines) is 1. The smallest absolute Gasteiger partial charge is 0.329 e. The number of nitrogens with zero attached hydrogens (tertiary/aromatic N) is 6. The number of amides is 5. The van der Waals surface area contributed by atoms with E-state index >= 15 is 4.39 Å². The summed E-state index contributed by atoms with van der Waals surface area (Å²) in [5.74, 6) is -1.90. The van der Waals surface area contributed by atoms with Gasteiger partial charge in [0.15, 0.2) is 5.69 Å². The molecule has 3 N–H and O–H groups in total. The van der Waals surface area contributed by atoms with Gasteiger partial charge in [-0.15, -0.1) is 0 Å². The predicted octanol–water partition coefficient (Wildman–Crippen LogP) is 6.84. The Kier molecular flexibility index (Phi) is 12.0. The van der Waals surface area contributed by atoms with Crippen LogP contribution in [-0.4, -0.2) is 86.6 Å². The van der Waals surface area contributed by atoms with Crippen molar-refractivity contribution in [3.8, 4) is 22.3 Å². The summed E-state index contributed by atoms with van der Waals surface area (Å²) >= 11 is 0. The number of piperidine rings is 2. The number of imide groups is 1. The molecule has 352 valence electrons. The molecule has 0 radical (unpaired) electrons. The largest absolute Gasteiger partial charge is 0.355 e. The Labute approximate surface area is 396 Å². The number of aromatic nitrogens is 4. The average molecular weight is 930 g/mol. The second-order valence-corrected chi connectivity index (χ2v) is 18.3. The second kappa shape index (κ2) is 18.4. The Bertz CT molecular complexity index is 3290. The molecule has 0 aliphatic carbocycles. The molecule has 16 heteroatoms. The first kappa shape index (κ1) is 45.1. The summed E-state index contributed by atoms with van der Waals surface area (Å²) in [5.41, 5.74) is 7.77. The van der Waals surface area contributed by atoms with E-state index in [2.05, 4.69) is 50.2 Å². The fraction of sp³-hybridized carbons (Fsp3) is 0.302. The van der Waals surface area contributed by atoms with E-state index in [4.69, 9.17) is 0 Å². The van der Waals surface area contributed by atoms with Crippen molar-refractivity contribution in [3.05, 3.63) is 136 Å². The van der Waals surface area contributed by atoms with Crippen LogP contribution in [0, 0.1) is 5.82 Å². The number of nitrogens with one attached hydrogen (secondary N) is 3. The fourth-order valence-electron chi connectivity index (χ4n) is 10.4. The summed E-state index contributed by atoms with van der Waals surface area (Å²) in [5, 5.41) is 12.2. The molecule has 69 heavy (non-hydrogen) atoms. The molecule has 3 saturated heterocycles. The van der Waals surface area contributed by atoms with Crippen molar-refractivity contribution in [1.29, 1.82) is 0 Å². The van der Waals surface area contributed by atoms with Crippen LogP contribution in [0.2, 0.25) is 0 Å². The molecule has 1 atom stereocenters. The standard InChI is InChI=1S/C53H52FN9O6/c1-55-50(66)35-6-4-7-36(29-35)56-52(68)49-47-42(60(3)58-49)18-16-39(48(47)54)38-15-14-37(62-24-5-8-46(62)65)30-40(38)34-12-10-32(11-13-34)33-22-26-61(27-23-33)25-21-31-9-17-41-44(28-31)59(2)53(69)63(41)43-19-20-45(64)57-51(43)67/h4,6-7,9-18,28-30,33,43H,5,8,19-27H2,1-3H3,(H,55,66)(H,56,68)(H,57,64,67). The summed E-state index contributed by atoms with van der Waals surface area (Å²) in [6, 6.07) is 29.3. The molecule has 5 aromatic carbocycles. The van der Waals surface area contributed by atoms with Gasteiger partial charge < -0.3 is 20.4 Å². The number of halogens is 1. The highest BCUT2D eigenvalue weighted by molar-refractivity contribution is 6.12. The van der Waals surface area contributed by atoms with Gasteiger partial charge in [-0.25, -0.2) is 9.18 Å². The van der Waals surface area contributed by atoms with Gasteiger partial charge in [0.2, 0.25) is 17.7 Å². The number of hydrogen-bond donors (Lipinski definition) is 3. The summed E-state index contributed by atoms with van der Waals surface area (Å²) in [6.07, 6.45) is 4.47. The van der Waals surface area contributed by atoms with Crippen LogP contribution in [0.4, 0.5) is 15.8 Å². The van der Waals surface area contributed by atoms with Crippen molar-refractivity contribution >= 4 is 62.8 Å². The maximum Gasteiger partial charge on any atom is 0.329 e. The molecule has 3 aliphatic rings. The van der Waals surface area contributed by atoms with Gasteiger partial charge in [0, 0.05) is 69.6 Å². The van der Waals surface area contributed by atoms with Crippen LogP contribution in [0.1, 0.15) is 82.5 Å². The van der Waals surface area contributed by atoms with E-state index in [0.717, 1.165) is 73.2 Å². The molecule has 3 fully saturated rings. The number of anilines is 2. The number of aryl methyl sites for hydroxylation is 2. The molecule has 10 rings (SSSR count). The quantitative estimate of drug-likeness (QED) is 0.118. The highest BCUT2D eigenvalue weighted by atomic mass is 19.1. The Morgan fingerprint density at radius 3 is 2.29 bits per heavy atom. The molecule has 7 aromatic rings. The van der Waals surface area contributed by atoms with Crippen molar-refractivity contribution in [2.24, 2.45) is 14.1 Å². The zero-order valence-corrected chi connectivity index (χ0v) is 38.7. The zero-order chi connectivity index (χ0) is 48.1. The van der Waals surface area contributed by atoms with Gasteiger partial charge in [-0.3, -0.25) is 43.1 Å². The van der Waals surface area contributed by atoms with E-state index in [1.165, 1.54) is 21.9 Å². The number of imidazole rings is 1. The van der Waals surface area contributed by atoms with Crippen LogP contribution in [-0.2, 0) is 34.9 Å². The third-order valence-corrected chi connectivity index (χ3v) is 14.1. The van der Waals surface area contributed by atoms with Crippen LogP contribution in [0.15, 0.2) is 102 Å². The Morgan fingerprint density at radius 2 is 1.55 bits per heavy atom. The summed E-state index contributed by atoms with van der Waals surface area (Å²) in [7, 11) is 4.89. The number of carbonyl (C=O) groups is 5.